The van der Waals surface area contributed by atoms with Gasteiger partial charge in [-0.2, -0.15) is 0 Å². The second-order valence-corrected chi connectivity index (χ2v) is 5.61. The third-order valence-corrected chi connectivity index (χ3v) is 3.85. The van der Waals surface area contributed by atoms with Crippen molar-refractivity contribution in [3.8, 4) is 0 Å². The van der Waals surface area contributed by atoms with Crippen LogP contribution in [0, 0.1) is 19.1 Å². The highest BCUT2D eigenvalue weighted by Gasteiger charge is 2.35. The summed E-state index contributed by atoms with van der Waals surface area (Å²) in [6, 6.07) is 0. The van der Waals surface area contributed by atoms with Crippen molar-refractivity contribution in [1.82, 2.24) is 0 Å². The first kappa shape index (κ1) is 16.7. The molecule has 2 heterocycles. The van der Waals surface area contributed by atoms with Crippen LogP contribution in [0.2, 0.25) is 0 Å². The third kappa shape index (κ3) is 5.24. The molecule has 0 aromatic heterocycles. The van der Waals surface area contributed by atoms with Gasteiger partial charge in [0.15, 0.2) is 0 Å². The third-order valence-electron chi connectivity index (χ3n) is 3.85. The highest BCUT2D eigenvalue weighted by molar-refractivity contribution is 5.72. The molecule has 0 saturated carbocycles. The summed E-state index contributed by atoms with van der Waals surface area (Å²) in [6.45, 7) is 7.35. The van der Waals surface area contributed by atoms with E-state index in [1.807, 2.05) is 6.92 Å². The van der Waals surface area contributed by atoms with E-state index in [-0.39, 0.29) is 24.1 Å². The van der Waals surface area contributed by atoms with Gasteiger partial charge in [0.2, 0.25) is 6.29 Å². The van der Waals surface area contributed by atoms with E-state index in [0.717, 1.165) is 25.7 Å². The van der Waals surface area contributed by atoms with Gasteiger partial charge >= 0.3 is 5.97 Å². The molecular formula is C16H26O5. The average Bonchev–Trinajstić information content (AvgIpc) is 2.47. The largest absolute Gasteiger partial charge is 0.466 e. The highest BCUT2D eigenvalue weighted by Crippen LogP contribution is 2.31. The average molecular weight is 298 g/mol. The summed E-state index contributed by atoms with van der Waals surface area (Å²) in [5.74, 6) is -0.213. The molecule has 3 atom stereocenters. The lowest BCUT2D eigenvalue weighted by Gasteiger charge is -2.38. The predicted octanol–water partition coefficient (Wildman–Crippen LogP) is 2.64. The molecule has 2 aliphatic heterocycles. The maximum absolute atomic E-state index is 12.0. The van der Waals surface area contributed by atoms with Crippen LogP contribution in [0.1, 0.15) is 45.4 Å². The van der Waals surface area contributed by atoms with Crippen molar-refractivity contribution in [3.63, 3.8) is 0 Å². The number of hydrogen-bond acceptors (Lipinski definition) is 5. The standard InChI is InChI=1S/C16H26O5/c1-3-5-6-12(16(17)19-4-2)7-8-15-20-13-9-14(21-15)11-18-10-13/h12-14H,1,3-11H2,2H3. The fraction of sp³-hybridized carbons (Fsp3) is 0.812. The Morgan fingerprint density at radius 3 is 2.67 bits per heavy atom. The van der Waals surface area contributed by atoms with Crippen molar-refractivity contribution in [2.24, 2.45) is 5.92 Å². The van der Waals surface area contributed by atoms with Crippen LogP contribution in [-0.4, -0.2) is 38.0 Å². The molecule has 21 heavy (non-hydrogen) atoms. The van der Waals surface area contributed by atoms with Gasteiger partial charge in [0.1, 0.15) is 0 Å². The van der Waals surface area contributed by atoms with Crippen LogP contribution in [0.5, 0.6) is 0 Å². The van der Waals surface area contributed by atoms with E-state index in [9.17, 15) is 4.79 Å². The number of ether oxygens (including phenoxy) is 4. The number of unbranched alkanes of at least 4 members (excludes halogenated alkanes) is 1. The van der Waals surface area contributed by atoms with Crippen molar-refractivity contribution >= 4 is 5.97 Å². The van der Waals surface area contributed by atoms with Crippen LogP contribution in [0.4, 0.5) is 0 Å². The SMILES string of the molecule is [CH2]CCCC(CC[C]1OC2COCC(C2)O1)C(=O)OCC. The molecule has 2 radical (unpaired) electrons. The molecule has 3 unspecified atom stereocenters. The molecule has 5 nitrogen and oxygen atoms in total. The van der Waals surface area contributed by atoms with E-state index in [2.05, 4.69) is 6.92 Å². The molecule has 2 saturated heterocycles. The van der Waals surface area contributed by atoms with Crippen molar-refractivity contribution < 1.29 is 23.7 Å². The molecule has 5 heteroatoms. The summed E-state index contributed by atoms with van der Waals surface area (Å²) in [7, 11) is 0. The fourth-order valence-electron chi connectivity index (χ4n) is 2.76. The van der Waals surface area contributed by atoms with Gasteiger partial charge in [0.25, 0.3) is 0 Å². The Labute approximate surface area is 127 Å². The molecule has 120 valence electrons. The van der Waals surface area contributed by atoms with E-state index in [4.69, 9.17) is 18.9 Å². The van der Waals surface area contributed by atoms with Crippen LogP contribution in [0.15, 0.2) is 0 Å². The quantitative estimate of drug-likeness (QED) is 0.645. The predicted molar refractivity (Wildman–Crippen MR) is 77.0 cm³/mol. The molecule has 0 aromatic rings. The van der Waals surface area contributed by atoms with Crippen LogP contribution >= 0.6 is 0 Å². The zero-order valence-electron chi connectivity index (χ0n) is 12.8. The summed E-state index contributed by atoms with van der Waals surface area (Å²) in [5.41, 5.74) is 0. The summed E-state index contributed by atoms with van der Waals surface area (Å²) in [6.07, 6.45) is 5.69. The number of rotatable bonds is 8. The van der Waals surface area contributed by atoms with Gasteiger partial charge in [-0.05, 0) is 19.8 Å². The van der Waals surface area contributed by atoms with E-state index in [1.54, 1.807) is 0 Å². The second kappa shape index (κ2) is 8.71. The molecule has 0 N–H and O–H groups in total. The van der Waals surface area contributed by atoms with Gasteiger partial charge < -0.3 is 18.9 Å². The van der Waals surface area contributed by atoms with E-state index in [0.29, 0.717) is 39.0 Å². The maximum Gasteiger partial charge on any atom is 0.308 e. The van der Waals surface area contributed by atoms with Crippen molar-refractivity contribution in [3.05, 3.63) is 13.2 Å². The van der Waals surface area contributed by atoms with Gasteiger partial charge in [-0.25, -0.2) is 0 Å². The van der Waals surface area contributed by atoms with E-state index >= 15 is 0 Å². The molecule has 0 aromatic carbocycles. The fourth-order valence-corrected chi connectivity index (χ4v) is 2.76. The Morgan fingerprint density at radius 2 is 2.05 bits per heavy atom. The minimum atomic E-state index is -0.120. The van der Waals surface area contributed by atoms with Gasteiger partial charge in [-0.3, -0.25) is 4.79 Å². The van der Waals surface area contributed by atoms with Crippen molar-refractivity contribution in [2.75, 3.05) is 19.8 Å². The number of hydrogen-bond donors (Lipinski definition) is 0. The first-order valence-corrected chi connectivity index (χ1v) is 7.95. The Balaban J connectivity index is 1.78. The highest BCUT2D eigenvalue weighted by atomic mass is 16.7. The molecule has 2 bridgehead atoms. The Bertz CT molecular complexity index is 308. The maximum atomic E-state index is 12.0. The molecule has 0 amide bonds. The lowest BCUT2D eigenvalue weighted by molar-refractivity contribution is -0.225. The van der Waals surface area contributed by atoms with Gasteiger partial charge in [-0.1, -0.05) is 19.8 Å². The normalized spacial score (nSPS) is 27.3. The molecule has 2 fully saturated rings. The smallest absolute Gasteiger partial charge is 0.308 e. The number of esters is 1. The monoisotopic (exact) mass is 298 g/mol. The van der Waals surface area contributed by atoms with E-state index < -0.39 is 0 Å². The van der Waals surface area contributed by atoms with Crippen molar-refractivity contribution in [2.45, 2.75) is 57.7 Å². The zero-order chi connectivity index (χ0) is 15.1. The van der Waals surface area contributed by atoms with E-state index in [1.165, 1.54) is 0 Å². The minimum Gasteiger partial charge on any atom is -0.466 e. The summed E-state index contributed by atoms with van der Waals surface area (Å²) in [4.78, 5) is 12.0. The number of fused-ring (bicyclic) bond motifs is 2. The number of carbonyl (C=O) groups excluding carboxylic acids is 1. The Hall–Kier alpha value is -0.650. The van der Waals surface area contributed by atoms with Gasteiger partial charge in [-0.15, -0.1) is 0 Å². The molecular weight excluding hydrogens is 272 g/mol. The zero-order valence-corrected chi connectivity index (χ0v) is 12.8. The lowest BCUT2D eigenvalue weighted by Crippen LogP contribution is -2.43. The van der Waals surface area contributed by atoms with Crippen LogP contribution in [0.3, 0.4) is 0 Å². The molecule has 0 spiro atoms. The van der Waals surface area contributed by atoms with Gasteiger partial charge in [0, 0.05) is 12.8 Å². The summed E-state index contributed by atoms with van der Waals surface area (Å²) >= 11 is 0. The summed E-state index contributed by atoms with van der Waals surface area (Å²) in [5, 5.41) is 0. The topological polar surface area (TPSA) is 54.0 Å². The van der Waals surface area contributed by atoms with Crippen LogP contribution in [0.25, 0.3) is 0 Å². The Kier molecular flexibility index (Phi) is 6.93. The molecule has 0 aliphatic carbocycles. The second-order valence-electron chi connectivity index (χ2n) is 5.61. The van der Waals surface area contributed by atoms with Crippen LogP contribution in [-0.2, 0) is 23.7 Å². The summed E-state index contributed by atoms with van der Waals surface area (Å²) < 4.78 is 22.0. The molecule has 2 rings (SSSR count). The Morgan fingerprint density at radius 1 is 1.33 bits per heavy atom. The first-order valence-electron chi connectivity index (χ1n) is 7.95. The van der Waals surface area contributed by atoms with Crippen LogP contribution < -0.4 is 0 Å². The minimum absolute atomic E-state index is 0.0931. The van der Waals surface area contributed by atoms with Gasteiger partial charge in [0.05, 0.1) is 37.9 Å². The number of carbonyl (C=O) groups is 1. The lowest BCUT2D eigenvalue weighted by atomic mass is 9.96. The first-order chi connectivity index (χ1) is 10.2. The molecule has 2 aliphatic rings. The van der Waals surface area contributed by atoms with Crippen molar-refractivity contribution in [1.29, 1.82) is 0 Å².